The van der Waals surface area contributed by atoms with E-state index in [0.29, 0.717) is 39.6 Å². The number of hydrogen-bond donors (Lipinski definition) is 1. The second kappa shape index (κ2) is 8.99. The standard InChI is InChI=1S/C23H25NO7/c1-12(2)30-16-8-7-15-13(3)9-19(25)31-21(15)20(16)23(26)24-14-10-17(27-4)22(29-6)18(11-14)28-5/h7-12H,1-6H3,(H,24,26). The molecule has 0 fully saturated rings. The van der Waals surface area contributed by atoms with E-state index in [-0.39, 0.29) is 17.3 Å². The zero-order valence-electron chi connectivity index (χ0n) is 18.3. The highest BCUT2D eigenvalue weighted by Crippen LogP contribution is 2.40. The van der Waals surface area contributed by atoms with Crippen LogP contribution < -0.4 is 29.9 Å². The largest absolute Gasteiger partial charge is 0.493 e. The molecule has 0 radical (unpaired) electrons. The Morgan fingerprint density at radius 2 is 1.61 bits per heavy atom. The maximum Gasteiger partial charge on any atom is 0.336 e. The van der Waals surface area contributed by atoms with Gasteiger partial charge >= 0.3 is 5.63 Å². The summed E-state index contributed by atoms with van der Waals surface area (Å²) in [6.45, 7) is 5.47. The Kier molecular flexibility index (Phi) is 6.39. The molecule has 2 aromatic carbocycles. The Morgan fingerprint density at radius 3 is 2.16 bits per heavy atom. The van der Waals surface area contributed by atoms with Gasteiger partial charge in [-0.05, 0) is 38.5 Å². The van der Waals surface area contributed by atoms with Crippen LogP contribution in [0.3, 0.4) is 0 Å². The molecular formula is C23H25NO7. The smallest absolute Gasteiger partial charge is 0.336 e. The predicted molar refractivity (Wildman–Crippen MR) is 117 cm³/mol. The minimum absolute atomic E-state index is 0.126. The van der Waals surface area contributed by atoms with Crippen molar-refractivity contribution in [2.75, 3.05) is 26.6 Å². The van der Waals surface area contributed by atoms with Crippen molar-refractivity contribution in [3.63, 3.8) is 0 Å². The summed E-state index contributed by atoms with van der Waals surface area (Å²) in [6, 6.07) is 8.05. The van der Waals surface area contributed by atoms with Crippen molar-refractivity contribution in [3.8, 4) is 23.0 Å². The van der Waals surface area contributed by atoms with E-state index in [2.05, 4.69) is 5.32 Å². The van der Waals surface area contributed by atoms with Gasteiger partial charge in [0.1, 0.15) is 11.3 Å². The number of benzene rings is 2. The number of fused-ring (bicyclic) bond motifs is 1. The number of nitrogens with one attached hydrogen (secondary N) is 1. The lowest BCUT2D eigenvalue weighted by molar-refractivity contribution is 0.102. The number of carbonyl (C=O) groups is 1. The molecule has 1 heterocycles. The molecule has 8 nitrogen and oxygen atoms in total. The van der Waals surface area contributed by atoms with Crippen molar-refractivity contribution < 1.29 is 28.2 Å². The molecule has 3 rings (SSSR count). The van der Waals surface area contributed by atoms with E-state index in [1.54, 1.807) is 31.2 Å². The van der Waals surface area contributed by atoms with Crippen molar-refractivity contribution >= 4 is 22.6 Å². The van der Waals surface area contributed by atoms with E-state index >= 15 is 0 Å². The van der Waals surface area contributed by atoms with Crippen LogP contribution in [0, 0.1) is 6.92 Å². The Balaban J connectivity index is 2.15. The fourth-order valence-electron chi connectivity index (χ4n) is 3.28. The summed E-state index contributed by atoms with van der Waals surface area (Å²) in [4.78, 5) is 25.4. The summed E-state index contributed by atoms with van der Waals surface area (Å²) in [6.07, 6.45) is -0.193. The normalized spacial score (nSPS) is 10.8. The van der Waals surface area contributed by atoms with Gasteiger partial charge in [0.05, 0.1) is 27.4 Å². The van der Waals surface area contributed by atoms with Crippen LogP contribution >= 0.6 is 0 Å². The van der Waals surface area contributed by atoms with Gasteiger partial charge in [0.25, 0.3) is 5.91 Å². The third-order valence-corrected chi connectivity index (χ3v) is 4.59. The molecule has 164 valence electrons. The second-order valence-electron chi connectivity index (χ2n) is 7.10. The van der Waals surface area contributed by atoms with Gasteiger partial charge in [0.15, 0.2) is 17.1 Å². The molecule has 8 heteroatoms. The molecule has 1 aromatic heterocycles. The van der Waals surface area contributed by atoms with Gasteiger partial charge in [-0.15, -0.1) is 0 Å². The first kappa shape index (κ1) is 22.0. The number of carbonyl (C=O) groups excluding carboxylic acids is 1. The average Bonchev–Trinajstić information content (AvgIpc) is 2.71. The van der Waals surface area contributed by atoms with Gasteiger partial charge in [-0.2, -0.15) is 0 Å². The number of hydrogen-bond acceptors (Lipinski definition) is 7. The molecule has 31 heavy (non-hydrogen) atoms. The molecule has 1 N–H and O–H groups in total. The fourth-order valence-corrected chi connectivity index (χ4v) is 3.28. The summed E-state index contributed by atoms with van der Waals surface area (Å²) in [7, 11) is 4.47. The Hall–Kier alpha value is -3.68. The lowest BCUT2D eigenvalue weighted by atomic mass is 10.1. The quantitative estimate of drug-likeness (QED) is 0.566. The molecule has 1 amide bonds. The maximum absolute atomic E-state index is 13.3. The van der Waals surface area contributed by atoms with Gasteiger partial charge in [0.2, 0.25) is 5.75 Å². The molecular weight excluding hydrogens is 402 g/mol. The maximum atomic E-state index is 13.3. The second-order valence-corrected chi connectivity index (χ2v) is 7.10. The third kappa shape index (κ3) is 4.42. The van der Waals surface area contributed by atoms with E-state index in [4.69, 9.17) is 23.4 Å². The number of ether oxygens (including phenoxy) is 4. The van der Waals surface area contributed by atoms with E-state index < -0.39 is 11.5 Å². The van der Waals surface area contributed by atoms with Gasteiger partial charge < -0.3 is 28.7 Å². The number of aryl methyl sites for hydroxylation is 1. The molecule has 0 saturated heterocycles. The molecule has 0 aliphatic carbocycles. The van der Waals surface area contributed by atoms with E-state index in [9.17, 15) is 9.59 Å². The lowest BCUT2D eigenvalue weighted by Gasteiger charge is -2.17. The highest BCUT2D eigenvalue weighted by atomic mass is 16.5. The molecule has 3 aromatic rings. The Bertz CT molecular complexity index is 1160. The van der Waals surface area contributed by atoms with Crippen LogP contribution in [0.1, 0.15) is 29.8 Å². The van der Waals surface area contributed by atoms with Crippen LogP contribution in [0.2, 0.25) is 0 Å². The first-order valence-corrected chi connectivity index (χ1v) is 9.64. The number of rotatable bonds is 7. The summed E-state index contributed by atoms with van der Waals surface area (Å²) in [5.74, 6) is 0.969. The predicted octanol–water partition coefficient (Wildman–Crippen LogP) is 4.17. The third-order valence-electron chi connectivity index (χ3n) is 4.59. The molecule has 0 aliphatic heterocycles. The SMILES string of the molecule is COc1cc(NC(=O)c2c(OC(C)C)ccc3c(C)cc(=O)oc23)cc(OC)c1OC. The highest BCUT2D eigenvalue weighted by Gasteiger charge is 2.23. The van der Waals surface area contributed by atoms with Gasteiger partial charge in [-0.3, -0.25) is 4.79 Å². The van der Waals surface area contributed by atoms with Crippen molar-refractivity contribution in [3.05, 3.63) is 51.9 Å². The molecule has 0 unspecified atom stereocenters. The first-order valence-electron chi connectivity index (χ1n) is 9.64. The summed E-state index contributed by atoms with van der Waals surface area (Å²) < 4.78 is 27.2. The number of methoxy groups -OCH3 is 3. The summed E-state index contributed by atoms with van der Waals surface area (Å²) in [5.41, 5.74) is 0.841. The number of amides is 1. The van der Waals surface area contributed by atoms with Crippen LogP contribution in [-0.2, 0) is 0 Å². The Morgan fingerprint density at radius 1 is 0.968 bits per heavy atom. The van der Waals surface area contributed by atoms with Crippen molar-refractivity contribution in [1.29, 1.82) is 0 Å². The van der Waals surface area contributed by atoms with E-state index in [1.165, 1.54) is 27.4 Å². The lowest BCUT2D eigenvalue weighted by Crippen LogP contribution is -2.17. The van der Waals surface area contributed by atoms with Gasteiger partial charge in [-0.1, -0.05) is 0 Å². The van der Waals surface area contributed by atoms with Crippen molar-refractivity contribution in [1.82, 2.24) is 0 Å². The van der Waals surface area contributed by atoms with Crippen LogP contribution in [0.5, 0.6) is 23.0 Å². The molecule has 0 atom stereocenters. The van der Waals surface area contributed by atoms with Crippen LogP contribution in [-0.4, -0.2) is 33.3 Å². The number of anilines is 1. The Labute approximate surface area is 179 Å². The topological polar surface area (TPSA) is 96.2 Å². The zero-order chi connectivity index (χ0) is 22.7. The van der Waals surface area contributed by atoms with Crippen LogP contribution in [0.15, 0.2) is 39.5 Å². The summed E-state index contributed by atoms with van der Waals surface area (Å²) in [5, 5.41) is 3.45. The summed E-state index contributed by atoms with van der Waals surface area (Å²) >= 11 is 0. The monoisotopic (exact) mass is 427 g/mol. The zero-order valence-corrected chi connectivity index (χ0v) is 18.3. The molecule has 0 spiro atoms. The minimum Gasteiger partial charge on any atom is -0.493 e. The van der Waals surface area contributed by atoms with Gasteiger partial charge in [0, 0.05) is 29.3 Å². The average molecular weight is 427 g/mol. The van der Waals surface area contributed by atoms with Crippen LogP contribution in [0.25, 0.3) is 11.0 Å². The van der Waals surface area contributed by atoms with E-state index in [0.717, 1.165) is 0 Å². The molecule has 0 saturated carbocycles. The highest BCUT2D eigenvalue weighted by molar-refractivity contribution is 6.14. The van der Waals surface area contributed by atoms with E-state index in [1.807, 2.05) is 13.8 Å². The molecule has 0 aliphatic rings. The minimum atomic E-state index is -0.548. The van der Waals surface area contributed by atoms with Gasteiger partial charge in [-0.25, -0.2) is 4.79 Å². The fraction of sp³-hybridized carbons (Fsp3) is 0.304. The van der Waals surface area contributed by atoms with Crippen LogP contribution in [0.4, 0.5) is 5.69 Å². The van der Waals surface area contributed by atoms with Crippen molar-refractivity contribution in [2.45, 2.75) is 26.9 Å². The van der Waals surface area contributed by atoms with Crippen molar-refractivity contribution in [2.24, 2.45) is 0 Å². The first-order chi connectivity index (χ1) is 14.8. The molecule has 0 bridgehead atoms.